The fourth-order valence-electron chi connectivity index (χ4n) is 3.00. The first-order chi connectivity index (χ1) is 14.1. The lowest BCUT2D eigenvalue weighted by atomic mass is 10.0. The van der Waals surface area contributed by atoms with E-state index in [0.717, 1.165) is 11.3 Å². The van der Waals surface area contributed by atoms with Crippen molar-refractivity contribution in [3.8, 4) is 17.2 Å². The average molecular weight is 410 g/mol. The molecule has 1 aliphatic heterocycles. The molecule has 2 heterocycles. The van der Waals surface area contributed by atoms with E-state index in [1.165, 1.54) is 16.9 Å². The Morgan fingerprint density at radius 2 is 1.83 bits per heavy atom. The Balaban J connectivity index is 1.35. The Labute approximate surface area is 174 Å². The predicted molar refractivity (Wildman–Crippen MR) is 115 cm³/mol. The Bertz CT molecular complexity index is 994. The van der Waals surface area contributed by atoms with Gasteiger partial charge in [-0.25, -0.2) is 0 Å². The molecule has 2 aromatic carbocycles. The van der Waals surface area contributed by atoms with Crippen LogP contribution in [-0.2, 0) is 6.61 Å². The minimum absolute atomic E-state index is 0.154. The molecule has 150 valence electrons. The molecule has 0 atom stereocenters. The molecular formula is C23H23NO4S. The van der Waals surface area contributed by atoms with Gasteiger partial charge in [-0.05, 0) is 47.2 Å². The number of fused-ring (bicyclic) bond motifs is 1. The Hall–Kier alpha value is -2.99. The van der Waals surface area contributed by atoms with Gasteiger partial charge in [0, 0.05) is 17.3 Å². The predicted octanol–water partition coefficient (Wildman–Crippen LogP) is 5.47. The summed E-state index contributed by atoms with van der Waals surface area (Å²) in [6.07, 6.45) is 0. The highest BCUT2D eigenvalue weighted by Crippen LogP contribution is 2.33. The molecule has 0 aliphatic carbocycles. The van der Waals surface area contributed by atoms with E-state index in [1.807, 2.05) is 35.7 Å². The molecule has 0 fully saturated rings. The van der Waals surface area contributed by atoms with Gasteiger partial charge >= 0.3 is 0 Å². The average Bonchev–Trinajstić information content (AvgIpc) is 3.22. The summed E-state index contributed by atoms with van der Waals surface area (Å²) in [7, 11) is 0. The second-order valence-corrected chi connectivity index (χ2v) is 8.06. The molecule has 29 heavy (non-hydrogen) atoms. The van der Waals surface area contributed by atoms with Crippen molar-refractivity contribution in [2.75, 3.05) is 18.5 Å². The number of rotatable bonds is 6. The maximum Gasteiger partial charge on any atom is 0.265 e. The fraction of sp³-hybridized carbons (Fsp3) is 0.261. The molecule has 0 saturated heterocycles. The van der Waals surface area contributed by atoms with E-state index < -0.39 is 0 Å². The van der Waals surface area contributed by atoms with Crippen LogP contribution in [0.3, 0.4) is 0 Å². The summed E-state index contributed by atoms with van der Waals surface area (Å²) >= 11 is 1.40. The van der Waals surface area contributed by atoms with Crippen LogP contribution in [0.1, 0.15) is 40.6 Å². The summed E-state index contributed by atoms with van der Waals surface area (Å²) in [5, 5.41) is 4.85. The van der Waals surface area contributed by atoms with Crippen molar-refractivity contribution in [2.45, 2.75) is 26.4 Å². The van der Waals surface area contributed by atoms with E-state index in [9.17, 15) is 4.79 Å². The summed E-state index contributed by atoms with van der Waals surface area (Å²) in [6.45, 7) is 5.81. The lowest BCUT2D eigenvalue weighted by molar-refractivity contribution is 0.103. The largest absolute Gasteiger partial charge is 0.489 e. The molecule has 6 heteroatoms. The normalized spacial score (nSPS) is 12.7. The Morgan fingerprint density at radius 3 is 2.59 bits per heavy atom. The molecular weight excluding hydrogens is 386 g/mol. The number of nitrogens with one attached hydrogen (secondary N) is 1. The maximum atomic E-state index is 12.6. The monoisotopic (exact) mass is 409 g/mol. The third-order valence-electron chi connectivity index (χ3n) is 4.63. The van der Waals surface area contributed by atoms with Gasteiger partial charge in [0.1, 0.15) is 25.6 Å². The van der Waals surface area contributed by atoms with Crippen LogP contribution in [0, 0.1) is 0 Å². The molecule has 0 radical (unpaired) electrons. The Morgan fingerprint density at radius 1 is 1.07 bits per heavy atom. The van der Waals surface area contributed by atoms with Crippen molar-refractivity contribution in [3.05, 3.63) is 69.9 Å². The van der Waals surface area contributed by atoms with Crippen molar-refractivity contribution >= 4 is 22.9 Å². The molecule has 0 saturated carbocycles. The zero-order chi connectivity index (χ0) is 20.2. The zero-order valence-corrected chi connectivity index (χ0v) is 17.3. The third kappa shape index (κ3) is 4.71. The Kier molecular flexibility index (Phi) is 5.71. The zero-order valence-electron chi connectivity index (χ0n) is 16.4. The van der Waals surface area contributed by atoms with E-state index >= 15 is 0 Å². The number of thiophene rings is 1. The molecule has 1 aliphatic rings. The minimum atomic E-state index is -0.154. The van der Waals surface area contributed by atoms with Crippen LogP contribution >= 0.6 is 11.3 Å². The molecule has 3 aromatic rings. The first-order valence-electron chi connectivity index (χ1n) is 9.59. The van der Waals surface area contributed by atoms with Gasteiger partial charge in [-0.15, -0.1) is 11.3 Å². The molecule has 1 N–H and O–H groups in total. The summed E-state index contributed by atoms with van der Waals surface area (Å²) in [4.78, 5) is 13.2. The van der Waals surface area contributed by atoms with E-state index in [-0.39, 0.29) is 5.91 Å². The van der Waals surface area contributed by atoms with Crippen LogP contribution < -0.4 is 19.5 Å². The van der Waals surface area contributed by atoms with Gasteiger partial charge in [-0.2, -0.15) is 0 Å². The lowest BCUT2D eigenvalue weighted by Gasteiger charge is -2.18. The highest BCUT2D eigenvalue weighted by atomic mass is 32.1. The van der Waals surface area contributed by atoms with Gasteiger partial charge in [0.25, 0.3) is 5.91 Å². The van der Waals surface area contributed by atoms with Crippen molar-refractivity contribution in [1.29, 1.82) is 0 Å². The molecule has 0 bridgehead atoms. The smallest absolute Gasteiger partial charge is 0.265 e. The number of anilines is 1. The van der Waals surface area contributed by atoms with Crippen LogP contribution in [0.25, 0.3) is 0 Å². The number of hydrogen-bond acceptors (Lipinski definition) is 5. The quantitative estimate of drug-likeness (QED) is 0.586. The van der Waals surface area contributed by atoms with Crippen molar-refractivity contribution in [2.24, 2.45) is 0 Å². The maximum absolute atomic E-state index is 12.6. The molecule has 0 unspecified atom stereocenters. The van der Waals surface area contributed by atoms with Gasteiger partial charge < -0.3 is 19.5 Å². The first-order valence-corrected chi connectivity index (χ1v) is 10.5. The van der Waals surface area contributed by atoms with Crippen molar-refractivity contribution < 1.29 is 19.0 Å². The van der Waals surface area contributed by atoms with Gasteiger partial charge in [0.05, 0.1) is 4.88 Å². The van der Waals surface area contributed by atoms with E-state index in [1.54, 1.807) is 6.07 Å². The molecule has 1 amide bonds. The second kappa shape index (κ2) is 8.57. The summed E-state index contributed by atoms with van der Waals surface area (Å²) < 4.78 is 16.9. The molecule has 1 aromatic heterocycles. The van der Waals surface area contributed by atoms with Crippen LogP contribution in [0.4, 0.5) is 5.69 Å². The summed E-state index contributed by atoms with van der Waals surface area (Å²) in [5.74, 6) is 2.52. The van der Waals surface area contributed by atoms with Crippen LogP contribution in [0.15, 0.2) is 53.9 Å². The van der Waals surface area contributed by atoms with Crippen molar-refractivity contribution in [1.82, 2.24) is 0 Å². The fourth-order valence-corrected chi connectivity index (χ4v) is 3.79. The number of amides is 1. The van der Waals surface area contributed by atoms with Crippen molar-refractivity contribution in [3.63, 3.8) is 0 Å². The molecule has 5 nitrogen and oxygen atoms in total. The van der Waals surface area contributed by atoms with E-state index in [2.05, 4.69) is 31.3 Å². The van der Waals surface area contributed by atoms with Gasteiger partial charge in [-0.3, -0.25) is 4.79 Å². The van der Waals surface area contributed by atoms with Crippen LogP contribution in [-0.4, -0.2) is 19.1 Å². The highest BCUT2D eigenvalue weighted by molar-refractivity contribution is 7.12. The lowest BCUT2D eigenvalue weighted by Crippen LogP contribution is -2.16. The number of hydrogen-bond donors (Lipinski definition) is 1. The van der Waals surface area contributed by atoms with Crippen LogP contribution in [0.5, 0.6) is 17.2 Å². The number of carbonyl (C=O) groups is 1. The topological polar surface area (TPSA) is 56.8 Å². The van der Waals surface area contributed by atoms with Gasteiger partial charge in [-0.1, -0.05) is 26.0 Å². The van der Waals surface area contributed by atoms with Gasteiger partial charge in [0.15, 0.2) is 11.5 Å². The van der Waals surface area contributed by atoms with Gasteiger partial charge in [0.2, 0.25) is 0 Å². The third-order valence-corrected chi connectivity index (χ3v) is 5.61. The highest BCUT2D eigenvalue weighted by Gasteiger charge is 2.14. The second-order valence-electron chi connectivity index (χ2n) is 7.14. The summed E-state index contributed by atoms with van der Waals surface area (Å²) in [6, 6.07) is 15.4. The number of benzene rings is 2. The first kappa shape index (κ1) is 19.3. The SMILES string of the molecule is CC(C)c1ccc(OCc2csc(C(=O)Nc3ccc4c(c3)OCCO4)c2)cc1. The molecule has 4 rings (SSSR count). The number of ether oxygens (including phenoxy) is 3. The standard InChI is InChI=1S/C23H23NO4S/c1-15(2)17-3-6-19(7-4-17)28-13-16-11-22(29-14-16)23(25)24-18-5-8-20-21(12-18)27-10-9-26-20/h3-8,11-12,14-15H,9-10,13H2,1-2H3,(H,24,25). The summed E-state index contributed by atoms with van der Waals surface area (Å²) in [5.41, 5.74) is 2.93. The van der Waals surface area contributed by atoms with E-state index in [0.29, 0.717) is 47.8 Å². The van der Waals surface area contributed by atoms with E-state index in [4.69, 9.17) is 14.2 Å². The van der Waals surface area contributed by atoms with Crippen LogP contribution in [0.2, 0.25) is 0 Å². The molecule has 0 spiro atoms. The number of carbonyl (C=O) groups excluding carboxylic acids is 1. The minimum Gasteiger partial charge on any atom is -0.489 e.